The van der Waals surface area contributed by atoms with E-state index < -0.39 is 10.0 Å². The molecule has 140 valence electrons. The van der Waals surface area contributed by atoms with Gasteiger partial charge in [0.05, 0.1) is 19.0 Å². The average Bonchev–Trinajstić information content (AvgIpc) is 2.61. The van der Waals surface area contributed by atoms with Gasteiger partial charge in [0.25, 0.3) is 0 Å². The summed E-state index contributed by atoms with van der Waals surface area (Å²) in [6.07, 6.45) is 2.81. The molecule has 2 saturated heterocycles. The normalized spacial score (nSPS) is 21.7. The van der Waals surface area contributed by atoms with Crippen LogP contribution < -0.4 is 5.32 Å². The third-order valence-electron chi connectivity index (χ3n) is 4.80. The van der Waals surface area contributed by atoms with Crippen molar-refractivity contribution in [3.05, 3.63) is 0 Å². The molecule has 0 saturated carbocycles. The number of rotatable bonds is 8. The van der Waals surface area contributed by atoms with Crippen LogP contribution in [0.25, 0.3) is 0 Å². The molecule has 2 aliphatic rings. The van der Waals surface area contributed by atoms with Gasteiger partial charge in [-0.3, -0.25) is 9.69 Å². The zero-order valence-corrected chi connectivity index (χ0v) is 15.5. The van der Waals surface area contributed by atoms with Gasteiger partial charge in [-0.1, -0.05) is 13.3 Å². The number of piperidine rings is 1. The summed E-state index contributed by atoms with van der Waals surface area (Å²) in [4.78, 5) is 14.5. The van der Waals surface area contributed by atoms with Crippen molar-refractivity contribution in [1.82, 2.24) is 14.5 Å². The van der Waals surface area contributed by atoms with Gasteiger partial charge >= 0.3 is 0 Å². The van der Waals surface area contributed by atoms with E-state index in [0.29, 0.717) is 38.9 Å². The van der Waals surface area contributed by atoms with E-state index in [4.69, 9.17) is 4.74 Å². The van der Waals surface area contributed by atoms with Crippen molar-refractivity contribution < 1.29 is 17.9 Å². The summed E-state index contributed by atoms with van der Waals surface area (Å²) in [6.45, 7) is 7.78. The molecule has 8 heteroatoms. The highest BCUT2D eigenvalue weighted by Gasteiger charge is 2.30. The topological polar surface area (TPSA) is 79.0 Å². The van der Waals surface area contributed by atoms with Crippen LogP contribution >= 0.6 is 0 Å². The van der Waals surface area contributed by atoms with Gasteiger partial charge in [0, 0.05) is 45.2 Å². The molecule has 2 rings (SSSR count). The van der Waals surface area contributed by atoms with Crippen molar-refractivity contribution in [3.8, 4) is 0 Å². The molecule has 0 spiro atoms. The smallest absolute Gasteiger partial charge is 0.223 e. The highest BCUT2D eigenvalue weighted by Crippen LogP contribution is 2.20. The van der Waals surface area contributed by atoms with E-state index >= 15 is 0 Å². The fourth-order valence-corrected chi connectivity index (χ4v) is 4.84. The quantitative estimate of drug-likeness (QED) is 0.672. The second-order valence-corrected chi connectivity index (χ2v) is 8.68. The molecule has 0 aromatic heterocycles. The van der Waals surface area contributed by atoms with Crippen LogP contribution in [0.2, 0.25) is 0 Å². The first-order valence-corrected chi connectivity index (χ1v) is 10.7. The lowest BCUT2D eigenvalue weighted by Crippen LogP contribution is -2.45. The van der Waals surface area contributed by atoms with E-state index in [1.807, 2.05) is 6.92 Å². The third-order valence-corrected chi connectivity index (χ3v) is 6.76. The molecule has 7 nitrogen and oxygen atoms in total. The van der Waals surface area contributed by atoms with Crippen molar-refractivity contribution in [2.24, 2.45) is 5.92 Å². The van der Waals surface area contributed by atoms with E-state index in [1.54, 1.807) is 4.31 Å². The van der Waals surface area contributed by atoms with Gasteiger partial charge in [-0.15, -0.1) is 0 Å². The number of hydrogen-bond acceptors (Lipinski definition) is 5. The predicted molar refractivity (Wildman–Crippen MR) is 93.3 cm³/mol. The molecular weight excluding hydrogens is 330 g/mol. The standard InChI is InChI=1S/C16H31N3O4S/c1-2-3-14-24(21,22)19-7-4-15(5-8-19)16(20)17-6-9-18-10-12-23-13-11-18/h15H,2-14H2,1H3,(H,17,20). The molecule has 2 fully saturated rings. The number of sulfonamides is 1. The second kappa shape index (κ2) is 9.70. The van der Waals surface area contributed by atoms with Crippen molar-refractivity contribution in [1.29, 1.82) is 0 Å². The molecule has 0 aromatic carbocycles. The summed E-state index contributed by atoms with van der Waals surface area (Å²) in [5.74, 6) is 0.223. The number of amides is 1. The molecule has 24 heavy (non-hydrogen) atoms. The van der Waals surface area contributed by atoms with E-state index in [-0.39, 0.29) is 17.6 Å². The van der Waals surface area contributed by atoms with Crippen molar-refractivity contribution >= 4 is 15.9 Å². The van der Waals surface area contributed by atoms with Crippen LogP contribution in [0.1, 0.15) is 32.6 Å². The molecule has 2 aliphatic heterocycles. The van der Waals surface area contributed by atoms with Crippen LogP contribution in [-0.2, 0) is 19.6 Å². The first-order valence-electron chi connectivity index (χ1n) is 9.08. The summed E-state index contributed by atoms with van der Waals surface area (Å²) in [7, 11) is -3.14. The van der Waals surface area contributed by atoms with Gasteiger partial charge in [0.2, 0.25) is 15.9 Å². The Balaban J connectivity index is 1.66. The summed E-state index contributed by atoms with van der Waals surface area (Å²) >= 11 is 0. The Morgan fingerprint density at radius 1 is 1.17 bits per heavy atom. The van der Waals surface area contributed by atoms with E-state index in [9.17, 15) is 13.2 Å². The van der Waals surface area contributed by atoms with Crippen molar-refractivity contribution in [2.45, 2.75) is 32.6 Å². The lowest BCUT2D eigenvalue weighted by Gasteiger charge is -2.31. The van der Waals surface area contributed by atoms with E-state index in [0.717, 1.165) is 39.3 Å². The Morgan fingerprint density at radius 2 is 1.83 bits per heavy atom. The Morgan fingerprint density at radius 3 is 2.46 bits per heavy atom. The van der Waals surface area contributed by atoms with Gasteiger partial charge < -0.3 is 10.1 Å². The Hall–Kier alpha value is -0.700. The molecule has 0 bridgehead atoms. The van der Waals surface area contributed by atoms with Crippen LogP contribution in [0, 0.1) is 5.92 Å². The largest absolute Gasteiger partial charge is 0.379 e. The first-order chi connectivity index (χ1) is 11.5. The number of carbonyl (C=O) groups excluding carboxylic acids is 1. The minimum atomic E-state index is -3.14. The zero-order valence-electron chi connectivity index (χ0n) is 14.7. The monoisotopic (exact) mass is 361 g/mol. The SMILES string of the molecule is CCCCS(=O)(=O)N1CCC(C(=O)NCCN2CCOCC2)CC1. The highest BCUT2D eigenvalue weighted by atomic mass is 32.2. The second-order valence-electron chi connectivity index (χ2n) is 6.59. The fraction of sp³-hybridized carbons (Fsp3) is 0.938. The summed E-state index contributed by atoms with van der Waals surface area (Å²) in [5, 5.41) is 3.00. The van der Waals surface area contributed by atoms with Crippen LogP contribution in [0.15, 0.2) is 0 Å². The van der Waals surface area contributed by atoms with Crippen LogP contribution in [-0.4, -0.2) is 81.8 Å². The van der Waals surface area contributed by atoms with E-state index in [2.05, 4.69) is 10.2 Å². The maximum absolute atomic E-state index is 12.2. The number of hydrogen-bond donors (Lipinski definition) is 1. The first kappa shape index (κ1) is 19.6. The third kappa shape index (κ3) is 5.98. The predicted octanol–water partition coefficient (Wildman–Crippen LogP) is 0.277. The van der Waals surface area contributed by atoms with Gasteiger partial charge in [0.15, 0.2) is 0 Å². The molecule has 1 amide bonds. The summed E-state index contributed by atoms with van der Waals surface area (Å²) < 4.78 is 31.2. The number of ether oxygens (including phenoxy) is 1. The molecule has 0 radical (unpaired) electrons. The molecule has 0 aromatic rings. The molecule has 0 aliphatic carbocycles. The number of morpholine rings is 1. The van der Waals surface area contributed by atoms with Gasteiger partial charge in [0.1, 0.15) is 0 Å². The number of nitrogens with zero attached hydrogens (tertiary/aromatic N) is 2. The molecule has 0 atom stereocenters. The molecule has 1 N–H and O–H groups in total. The number of unbranched alkanes of at least 4 members (excludes halogenated alkanes) is 1. The molecular formula is C16H31N3O4S. The van der Waals surface area contributed by atoms with Crippen LogP contribution in [0.4, 0.5) is 0 Å². The Kier molecular flexibility index (Phi) is 7.93. The van der Waals surface area contributed by atoms with Crippen molar-refractivity contribution in [2.75, 3.05) is 58.2 Å². The minimum Gasteiger partial charge on any atom is -0.379 e. The van der Waals surface area contributed by atoms with Crippen LogP contribution in [0.3, 0.4) is 0 Å². The average molecular weight is 362 g/mol. The van der Waals surface area contributed by atoms with Crippen LogP contribution in [0.5, 0.6) is 0 Å². The molecule has 0 unspecified atom stereocenters. The summed E-state index contributed by atoms with van der Waals surface area (Å²) in [6, 6.07) is 0. The minimum absolute atomic E-state index is 0.0627. The maximum Gasteiger partial charge on any atom is 0.223 e. The fourth-order valence-electron chi connectivity index (χ4n) is 3.16. The number of carbonyl (C=O) groups is 1. The van der Waals surface area contributed by atoms with E-state index in [1.165, 1.54) is 0 Å². The lowest BCUT2D eigenvalue weighted by molar-refractivity contribution is -0.126. The van der Waals surface area contributed by atoms with Crippen molar-refractivity contribution in [3.63, 3.8) is 0 Å². The maximum atomic E-state index is 12.2. The van der Waals surface area contributed by atoms with Gasteiger partial charge in [-0.25, -0.2) is 12.7 Å². The van der Waals surface area contributed by atoms with Gasteiger partial charge in [-0.2, -0.15) is 0 Å². The Bertz CT molecular complexity index is 484. The van der Waals surface area contributed by atoms with Gasteiger partial charge in [-0.05, 0) is 19.3 Å². The summed E-state index contributed by atoms with van der Waals surface area (Å²) in [5.41, 5.74) is 0. The Labute approximate surface area is 145 Å². The molecule has 2 heterocycles. The lowest BCUT2D eigenvalue weighted by atomic mass is 9.97. The number of nitrogens with one attached hydrogen (secondary N) is 1. The highest BCUT2D eigenvalue weighted by molar-refractivity contribution is 7.89. The zero-order chi connectivity index (χ0) is 17.4.